The zero-order valence-corrected chi connectivity index (χ0v) is 9.47. The summed E-state index contributed by atoms with van der Waals surface area (Å²) in [7, 11) is -4.08. The number of halogens is 3. The normalized spacial score (nSPS) is 12.1. The molecule has 0 aliphatic heterocycles. The van der Waals surface area contributed by atoms with Crippen molar-refractivity contribution in [3.63, 3.8) is 0 Å². The minimum atomic E-state index is -4.53. The molecule has 0 fully saturated rings. The lowest BCUT2D eigenvalue weighted by atomic mass is 10.7. The highest BCUT2D eigenvalue weighted by Gasteiger charge is 2.54. The molecular weight excluding hydrogens is 233 g/mol. The van der Waals surface area contributed by atoms with E-state index >= 15 is 0 Å². The van der Waals surface area contributed by atoms with Crippen LogP contribution in [0.3, 0.4) is 0 Å². The van der Waals surface area contributed by atoms with Gasteiger partial charge in [-0.3, -0.25) is 4.79 Å². The SMILES string of the molecule is CC(=O)OCC(=O)O[Si](C)(C)C(F)(F)F. The van der Waals surface area contributed by atoms with Gasteiger partial charge in [-0.1, -0.05) is 0 Å². The van der Waals surface area contributed by atoms with Crippen molar-refractivity contribution in [3.05, 3.63) is 0 Å². The first-order valence-corrected chi connectivity index (χ1v) is 6.89. The summed E-state index contributed by atoms with van der Waals surface area (Å²) in [5.41, 5.74) is 0. The lowest BCUT2D eigenvalue weighted by molar-refractivity contribution is -0.154. The van der Waals surface area contributed by atoms with E-state index < -0.39 is 32.7 Å². The summed E-state index contributed by atoms with van der Waals surface area (Å²) >= 11 is 0. The number of carbonyl (C=O) groups is 2. The maximum Gasteiger partial charge on any atom is 0.401 e. The van der Waals surface area contributed by atoms with Crippen molar-refractivity contribution in [1.82, 2.24) is 0 Å². The predicted octanol–water partition coefficient (Wildman–Crippen LogP) is 1.40. The Kier molecular flexibility index (Phi) is 4.32. The fraction of sp³-hybridized carbons (Fsp3) is 0.714. The molecule has 15 heavy (non-hydrogen) atoms. The second kappa shape index (κ2) is 4.64. The van der Waals surface area contributed by atoms with E-state index in [1.54, 1.807) is 0 Å². The van der Waals surface area contributed by atoms with E-state index in [1.165, 1.54) is 0 Å². The Balaban J connectivity index is 4.23. The molecule has 0 N–H and O–H groups in total. The van der Waals surface area contributed by atoms with Gasteiger partial charge in [-0.05, 0) is 13.1 Å². The van der Waals surface area contributed by atoms with Gasteiger partial charge < -0.3 is 9.16 Å². The van der Waals surface area contributed by atoms with Gasteiger partial charge in [-0.2, -0.15) is 13.2 Å². The number of carbonyl (C=O) groups excluding carboxylic acids is 2. The van der Waals surface area contributed by atoms with Gasteiger partial charge in [-0.15, -0.1) is 0 Å². The Morgan fingerprint density at radius 2 is 1.73 bits per heavy atom. The Morgan fingerprint density at radius 3 is 2.07 bits per heavy atom. The molecule has 0 atom stereocenters. The van der Waals surface area contributed by atoms with Gasteiger partial charge in [0.2, 0.25) is 0 Å². The molecule has 0 aromatic rings. The number of hydrogen-bond acceptors (Lipinski definition) is 4. The Hall–Kier alpha value is -1.05. The van der Waals surface area contributed by atoms with Gasteiger partial charge in [0.15, 0.2) is 6.61 Å². The number of hydrogen-bond donors (Lipinski definition) is 0. The first kappa shape index (κ1) is 13.9. The molecule has 0 aliphatic carbocycles. The van der Waals surface area contributed by atoms with Crippen molar-refractivity contribution in [2.24, 2.45) is 0 Å². The van der Waals surface area contributed by atoms with Crippen LogP contribution in [-0.2, 0) is 18.8 Å². The van der Waals surface area contributed by atoms with Gasteiger partial charge in [0, 0.05) is 6.92 Å². The number of alkyl halides is 3. The molecule has 0 unspecified atom stereocenters. The van der Waals surface area contributed by atoms with Gasteiger partial charge >= 0.3 is 26.1 Å². The zero-order chi connectivity index (χ0) is 12.3. The Morgan fingerprint density at radius 1 is 1.27 bits per heavy atom. The average molecular weight is 244 g/mol. The molecule has 0 rings (SSSR count). The quantitative estimate of drug-likeness (QED) is 0.556. The standard InChI is InChI=1S/C7H11F3O4Si/c1-5(11)13-4-6(12)14-15(2,3)7(8,9)10/h4H2,1-3H3. The molecule has 0 spiro atoms. The summed E-state index contributed by atoms with van der Waals surface area (Å²) in [5, 5.41) is 0. The van der Waals surface area contributed by atoms with E-state index in [0.29, 0.717) is 0 Å². The second-order valence-electron chi connectivity index (χ2n) is 3.26. The van der Waals surface area contributed by atoms with Crippen molar-refractivity contribution in [2.45, 2.75) is 25.8 Å². The van der Waals surface area contributed by atoms with Crippen molar-refractivity contribution in [2.75, 3.05) is 6.61 Å². The third-order valence-corrected chi connectivity index (χ3v) is 3.55. The van der Waals surface area contributed by atoms with E-state index in [1.807, 2.05) is 0 Å². The van der Waals surface area contributed by atoms with Crippen molar-refractivity contribution in [1.29, 1.82) is 0 Å². The van der Waals surface area contributed by atoms with Crippen LogP contribution in [0.25, 0.3) is 0 Å². The summed E-state index contributed by atoms with van der Waals surface area (Å²) in [6.45, 7) is 1.94. The van der Waals surface area contributed by atoms with Crippen LogP contribution < -0.4 is 0 Å². The molecule has 0 bridgehead atoms. The first-order valence-electron chi connectivity index (χ1n) is 3.98. The summed E-state index contributed by atoms with van der Waals surface area (Å²) < 4.78 is 45.3. The molecule has 88 valence electrons. The Labute approximate surface area is 85.5 Å². The van der Waals surface area contributed by atoms with Gasteiger partial charge in [-0.25, -0.2) is 4.79 Å². The summed E-state index contributed by atoms with van der Waals surface area (Å²) in [5.74, 6) is -6.46. The molecule has 4 nitrogen and oxygen atoms in total. The molecular formula is C7H11F3O4Si. The monoisotopic (exact) mass is 244 g/mol. The lowest BCUT2D eigenvalue weighted by Gasteiger charge is -2.24. The maximum atomic E-state index is 12.3. The van der Waals surface area contributed by atoms with E-state index in [4.69, 9.17) is 0 Å². The fourth-order valence-corrected chi connectivity index (χ4v) is 1.28. The van der Waals surface area contributed by atoms with Crippen LogP contribution in [0, 0.1) is 0 Å². The van der Waals surface area contributed by atoms with Crippen LogP contribution in [0.4, 0.5) is 13.2 Å². The molecule has 0 heterocycles. The van der Waals surface area contributed by atoms with E-state index in [0.717, 1.165) is 20.0 Å². The average Bonchev–Trinajstić information content (AvgIpc) is 1.97. The summed E-state index contributed by atoms with van der Waals surface area (Å²) in [4.78, 5) is 21.1. The second-order valence-corrected chi connectivity index (χ2v) is 7.05. The largest absolute Gasteiger partial charge is 0.507 e. The predicted molar refractivity (Wildman–Crippen MR) is 46.3 cm³/mol. The third kappa shape index (κ3) is 4.82. The molecule has 0 saturated heterocycles. The molecule has 0 aliphatic rings. The van der Waals surface area contributed by atoms with Crippen LogP contribution in [0.1, 0.15) is 6.92 Å². The van der Waals surface area contributed by atoms with Crippen LogP contribution in [0.2, 0.25) is 13.1 Å². The smallest absolute Gasteiger partial charge is 0.401 e. The minimum absolute atomic E-state index is 0.751. The van der Waals surface area contributed by atoms with Crippen LogP contribution in [-0.4, -0.2) is 32.7 Å². The van der Waals surface area contributed by atoms with Crippen molar-refractivity contribution >= 4 is 20.3 Å². The molecule has 0 saturated carbocycles. The van der Waals surface area contributed by atoms with Crippen LogP contribution in [0.15, 0.2) is 0 Å². The fourth-order valence-electron chi connectivity index (χ4n) is 0.532. The lowest BCUT2D eigenvalue weighted by Crippen LogP contribution is -2.49. The minimum Gasteiger partial charge on any atom is -0.507 e. The van der Waals surface area contributed by atoms with Gasteiger partial charge in [0.25, 0.3) is 0 Å². The van der Waals surface area contributed by atoms with Gasteiger partial charge in [0.05, 0.1) is 0 Å². The number of esters is 1. The first-order chi connectivity index (χ1) is 6.56. The third-order valence-electron chi connectivity index (χ3n) is 1.44. The maximum absolute atomic E-state index is 12.3. The number of rotatable bonds is 3. The van der Waals surface area contributed by atoms with Crippen molar-refractivity contribution < 1.29 is 31.9 Å². The summed E-state index contributed by atoms with van der Waals surface area (Å²) in [6.07, 6.45) is 0. The molecule has 0 aromatic carbocycles. The highest BCUT2D eigenvalue weighted by Crippen LogP contribution is 2.29. The summed E-state index contributed by atoms with van der Waals surface area (Å²) in [6, 6.07) is 0. The van der Waals surface area contributed by atoms with Crippen molar-refractivity contribution in [3.8, 4) is 0 Å². The van der Waals surface area contributed by atoms with Gasteiger partial charge in [0.1, 0.15) is 0 Å². The van der Waals surface area contributed by atoms with Crippen LogP contribution in [0.5, 0.6) is 0 Å². The van der Waals surface area contributed by atoms with Crippen LogP contribution >= 0.6 is 0 Å². The highest BCUT2D eigenvalue weighted by molar-refractivity contribution is 6.74. The highest BCUT2D eigenvalue weighted by atomic mass is 28.4. The topological polar surface area (TPSA) is 52.6 Å². The molecule has 0 aromatic heterocycles. The molecule has 0 amide bonds. The van der Waals surface area contributed by atoms with E-state index in [-0.39, 0.29) is 0 Å². The molecule has 0 radical (unpaired) electrons. The Bertz CT molecular complexity index is 261. The number of ether oxygens (including phenoxy) is 1. The van der Waals surface area contributed by atoms with E-state index in [9.17, 15) is 22.8 Å². The van der Waals surface area contributed by atoms with E-state index in [2.05, 4.69) is 9.16 Å². The zero-order valence-electron chi connectivity index (χ0n) is 8.47. The molecule has 8 heteroatoms.